The highest BCUT2D eigenvalue weighted by atomic mass is 16.5. The number of imide groups is 1. The summed E-state index contributed by atoms with van der Waals surface area (Å²) in [7, 11) is 5.99. The van der Waals surface area contributed by atoms with Crippen molar-refractivity contribution in [2.45, 2.75) is 18.4 Å². The molecule has 2 aromatic carbocycles. The van der Waals surface area contributed by atoms with Gasteiger partial charge in [0.05, 0.1) is 21.3 Å². The van der Waals surface area contributed by atoms with Gasteiger partial charge in [0, 0.05) is 31.4 Å². The van der Waals surface area contributed by atoms with Gasteiger partial charge in [-0.15, -0.1) is 0 Å². The van der Waals surface area contributed by atoms with Gasteiger partial charge in [0.1, 0.15) is 5.54 Å². The van der Waals surface area contributed by atoms with Crippen LogP contribution in [0.2, 0.25) is 0 Å². The minimum atomic E-state index is -1.00. The Hall–Kier alpha value is -3.75. The molecule has 0 atom stereocenters. The molecule has 0 radical (unpaired) electrons. The molecule has 0 saturated carbocycles. The zero-order valence-electron chi connectivity index (χ0n) is 19.2. The molecule has 2 saturated heterocycles. The predicted molar refractivity (Wildman–Crippen MR) is 121 cm³/mol. The number of carbonyl (C=O) groups is 3. The van der Waals surface area contributed by atoms with E-state index in [1.54, 1.807) is 21.9 Å². The van der Waals surface area contributed by atoms with Crippen LogP contribution in [0.3, 0.4) is 0 Å². The fraction of sp³-hybridized carbons (Fsp3) is 0.375. The van der Waals surface area contributed by atoms with Crippen molar-refractivity contribution >= 4 is 23.5 Å². The van der Waals surface area contributed by atoms with Crippen molar-refractivity contribution in [3.05, 3.63) is 48.0 Å². The number of hydrogen-bond acceptors (Lipinski definition) is 6. The Balaban J connectivity index is 1.60. The number of ether oxygens (including phenoxy) is 3. The van der Waals surface area contributed by atoms with E-state index in [-0.39, 0.29) is 17.8 Å². The van der Waals surface area contributed by atoms with E-state index in [1.165, 1.54) is 33.3 Å². The van der Waals surface area contributed by atoms with Crippen LogP contribution in [0.5, 0.6) is 17.2 Å². The zero-order chi connectivity index (χ0) is 23.8. The number of piperidine rings is 1. The number of rotatable bonds is 5. The van der Waals surface area contributed by atoms with Crippen LogP contribution in [-0.2, 0) is 4.79 Å². The smallest absolute Gasteiger partial charge is 0.331 e. The molecule has 1 spiro atoms. The molecule has 4 amide bonds. The second-order valence-electron chi connectivity index (χ2n) is 8.06. The standard InChI is InChI=1S/C24H27N3O6/c1-25-22(29)24(27(23(25)30)17-8-6-5-7-9-17)10-12-26(13-11-24)21(28)16-14-18(31-2)20(33-4)19(15-16)32-3/h5-9,14-15H,10-13H2,1-4H3. The molecule has 0 aliphatic carbocycles. The number of para-hydroxylation sites is 1. The summed E-state index contributed by atoms with van der Waals surface area (Å²) in [6, 6.07) is 12.0. The Morgan fingerprint density at radius 1 is 0.909 bits per heavy atom. The van der Waals surface area contributed by atoms with E-state index in [2.05, 4.69) is 0 Å². The average Bonchev–Trinajstić information content (AvgIpc) is 3.04. The quantitative estimate of drug-likeness (QED) is 0.647. The van der Waals surface area contributed by atoms with Crippen molar-refractivity contribution < 1.29 is 28.6 Å². The van der Waals surface area contributed by atoms with Crippen molar-refractivity contribution in [1.82, 2.24) is 9.80 Å². The van der Waals surface area contributed by atoms with Gasteiger partial charge in [-0.1, -0.05) is 18.2 Å². The molecule has 2 aliphatic rings. The minimum Gasteiger partial charge on any atom is -0.493 e. The van der Waals surface area contributed by atoms with Crippen LogP contribution in [-0.4, -0.2) is 74.7 Å². The summed E-state index contributed by atoms with van der Waals surface area (Å²) in [5.74, 6) is 0.742. The van der Waals surface area contributed by atoms with Crippen LogP contribution in [0, 0.1) is 0 Å². The Bertz CT molecular complexity index is 1050. The topological polar surface area (TPSA) is 88.6 Å². The van der Waals surface area contributed by atoms with Gasteiger partial charge in [-0.3, -0.25) is 19.4 Å². The maximum Gasteiger partial charge on any atom is 0.331 e. The van der Waals surface area contributed by atoms with Gasteiger partial charge >= 0.3 is 6.03 Å². The number of amides is 4. The SMILES string of the molecule is COc1cc(C(=O)N2CCC3(CC2)C(=O)N(C)C(=O)N3c2ccccc2)cc(OC)c1OC. The molecule has 0 N–H and O–H groups in total. The van der Waals surface area contributed by atoms with Gasteiger partial charge in [-0.05, 0) is 37.1 Å². The summed E-state index contributed by atoms with van der Waals surface area (Å²) in [5, 5.41) is 0. The van der Waals surface area contributed by atoms with Gasteiger partial charge in [-0.2, -0.15) is 0 Å². The van der Waals surface area contributed by atoms with E-state index < -0.39 is 5.54 Å². The summed E-state index contributed by atoms with van der Waals surface area (Å²) in [5.41, 5.74) is 0.0649. The largest absolute Gasteiger partial charge is 0.493 e. The first-order chi connectivity index (χ1) is 15.9. The van der Waals surface area contributed by atoms with E-state index >= 15 is 0 Å². The number of likely N-dealkylation sites (N-methyl/N-ethyl adjacent to an activating group) is 1. The average molecular weight is 453 g/mol. The van der Waals surface area contributed by atoms with Crippen LogP contribution < -0.4 is 19.1 Å². The third-order valence-corrected chi connectivity index (χ3v) is 6.41. The van der Waals surface area contributed by atoms with E-state index in [9.17, 15) is 14.4 Å². The Labute approximate surface area is 192 Å². The normalized spacial score (nSPS) is 17.5. The molecule has 174 valence electrons. The second kappa shape index (κ2) is 8.65. The van der Waals surface area contributed by atoms with Gasteiger partial charge in [0.2, 0.25) is 5.75 Å². The van der Waals surface area contributed by atoms with Crippen molar-refractivity contribution in [1.29, 1.82) is 0 Å². The third-order valence-electron chi connectivity index (χ3n) is 6.41. The van der Waals surface area contributed by atoms with Crippen molar-refractivity contribution in [2.24, 2.45) is 0 Å². The minimum absolute atomic E-state index is 0.208. The van der Waals surface area contributed by atoms with E-state index in [0.717, 1.165) is 0 Å². The van der Waals surface area contributed by atoms with Crippen LogP contribution in [0.25, 0.3) is 0 Å². The maximum absolute atomic E-state index is 13.3. The highest BCUT2D eigenvalue weighted by Gasteiger charge is 2.57. The monoisotopic (exact) mass is 453 g/mol. The van der Waals surface area contributed by atoms with Crippen LogP contribution in [0.1, 0.15) is 23.2 Å². The number of carbonyl (C=O) groups excluding carboxylic acids is 3. The molecule has 2 aromatic rings. The summed E-state index contributed by atoms with van der Waals surface area (Å²) in [6.45, 7) is 0.650. The summed E-state index contributed by atoms with van der Waals surface area (Å²) in [6.07, 6.45) is 0.681. The molecule has 0 bridgehead atoms. The van der Waals surface area contributed by atoms with E-state index in [0.29, 0.717) is 54.4 Å². The first-order valence-corrected chi connectivity index (χ1v) is 10.6. The molecule has 0 unspecified atom stereocenters. The predicted octanol–water partition coefficient (Wildman–Crippen LogP) is 2.79. The molecular weight excluding hydrogens is 426 g/mol. The highest BCUT2D eigenvalue weighted by Crippen LogP contribution is 2.41. The first kappa shape index (κ1) is 22.4. The lowest BCUT2D eigenvalue weighted by Crippen LogP contribution is -2.57. The highest BCUT2D eigenvalue weighted by molar-refractivity contribution is 6.16. The number of anilines is 1. The maximum atomic E-state index is 13.3. The third kappa shape index (κ3) is 3.53. The lowest BCUT2D eigenvalue weighted by Gasteiger charge is -2.42. The lowest BCUT2D eigenvalue weighted by atomic mass is 9.85. The van der Waals surface area contributed by atoms with Crippen LogP contribution >= 0.6 is 0 Å². The molecule has 9 nitrogen and oxygen atoms in total. The molecule has 4 rings (SSSR count). The van der Waals surface area contributed by atoms with Crippen molar-refractivity contribution in [3.63, 3.8) is 0 Å². The number of hydrogen-bond donors (Lipinski definition) is 0. The zero-order valence-corrected chi connectivity index (χ0v) is 19.2. The molecular formula is C24H27N3O6. The molecule has 33 heavy (non-hydrogen) atoms. The number of methoxy groups -OCH3 is 3. The summed E-state index contributed by atoms with van der Waals surface area (Å²) < 4.78 is 16.1. The Morgan fingerprint density at radius 2 is 1.48 bits per heavy atom. The fourth-order valence-corrected chi connectivity index (χ4v) is 4.67. The molecule has 2 fully saturated rings. The Morgan fingerprint density at radius 3 is 2.00 bits per heavy atom. The van der Waals surface area contributed by atoms with Gasteiger partial charge < -0.3 is 19.1 Å². The summed E-state index contributed by atoms with van der Waals surface area (Å²) in [4.78, 5) is 43.8. The number of urea groups is 1. The fourth-order valence-electron chi connectivity index (χ4n) is 4.67. The number of likely N-dealkylation sites (tertiary alicyclic amines) is 1. The van der Waals surface area contributed by atoms with E-state index in [4.69, 9.17) is 14.2 Å². The number of nitrogens with zero attached hydrogens (tertiary/aromatic N) is 3. The van der Waals surface area contributed by atoms with E-state index in [1.807, 2.05) is 30.3 Å². The van der Waals surface area contributed by atoms with Crippen LogP contribution in [0.4, 0.5) is 10.5 Å². The summed E-state index contributed by atoms with van der Waals surface area (Å²) >= 11 is 0. The molecule has 9 heteroatoms. The van der Waals surface area contributed by atoms with Crippen molar-refractivity contribution in [3.8, 4) is 17.2 Å². The van der Waals surface area contributed by atoms with Gasteiger partial charge in [-0.25, -0.2) is 4.79 Å². The van der Waals surface area contributed by atoms with Crippen molar-refractivity contribution in [2.75, 3.05) is 46.4 Å². The lowest BCUT2D eigenvalue weighted by molar-refractivity contribution is -0.131. The Kier molecular flexibility index (Phi) is 5.88. The van der Waals surface area contributed by atoms with Crippen LogP contribution in [0.15, 0.2) is 42.5 Å². The number of benzene rings is 2. The molecule has 2 aliphatic heterocycles. The second-order valence-corrected chi connectivity index (χ2v) is 8.06. The first-order valence-electron chi connectivity index (χ1n) is 10.6. The molecule has 0 aromatic heterocycles. The van der Waals surface area contributed by atoms with Gasteiger partial charge in [0.15, 0.2) is 11.5 Å². The van der Waals surface area contributed by atoms with Gasteiger partial charge in [0.25, 0.3) is 11.8 Å². The molecule has 2 heterocycles.